The Kier molecular flexibility index (Phi) is 50.9. The number of nitrogens with two attached hydrogens (primary N) is 3. The number of guanidine groups is 1. The number of carbonyl (C=O) groups excluding carboxylic acids is 13. The van der Waals surface area contributed by atoms with E-state index in [4.69, 9.17) is 36.1 Å². The summed E-state index contributed by atoms with van der Waals surface area (Å²) in [7, 11) is 2.06. The van der Waals surface area contributed by atoms with Crippen LogP contribution in [-0.4, -0.2) is 265 Å². The van der Waals surface area contributed by atoms with Crippen molar-refractivity contribution in [1.29, 1.82) is 0 Å². The van der Waals surface area contributed by atoms with Crippen LogP contribution in [0.25, 0.3) is 0 Å². The number of primary amides is 1. The van der Waals surface area contributed by atoms with Gasteiger partial charge in [0.25, 0.3) is 0 Å². The Morgan fingerprint density at radius 2 is 1.11 bits per heavy atom. The minimum absolute atomic E-state index is 0.0111. The van der Waals surface area contributed by atoms with Gasteiger partial charge >= 0.3 is 5.97 Å². The zero-order chi connectivity index (χ0) is 85.9. The molecule has 2 heterocycles. The number of amides is 8. The number of hydrogen-bond acceptors (Lipinski definition) is 28. The lowest BCUT2D eigenvalue weighted by atomic mass is 9.89. The van der Waals surface area contributed by atoms with E-state index in [-0.39, 0.29) is 189 Å². The SMILES string of the molecule is CC(=NO)C(C)(C)NCCC(CCNC(=O)CCCC(=O)NCCCC[C@@H]1NC(=O)CSC[C@@H](C(=O)CCCOCCOCCOCCCC(=O)COCC(N)=O)NC(=O)[C@H](CCCN=C(N)N)CC(=O)[C@@H]2CSSC[C@H](NC1=O)C(=O)CCC(=O)N[C@@H](CC(=O)O)C(=O)C[C@@H](Cc1ccccc1)C(=O)N2)CCNC(C)(C)C(C)=NO. The molecule has 7 atom stereocenters. The molecule has 0 radical (unpaired) electrons. The van der Waals surface area contributed by atoms with Crippen LogP contribution in [0.3, 0.4) is 0 Å². The van der Waals surface area contributed by atoms with Crippen molar-refractivity contribution in [2.24, 2.45) is 50.3 Å². The van der Waals surface area contributed by atoms with Gasteiger partial charge in [-0.3, -0.25) is 72.1 Å². The van der Waals surface area contributed by atoms with Crippen LogP contribution in [-0.2, 0) is 92.5 Å². The second kappa shape index (κ2) is 57.8. The molecule has 1 aromatic carbocycles. The van der Waals surface area contributed by atoms with Crippen molar-refractivity contribution in [2.75, 3.05) is 109 Å². The number of nitrogens with one attached hydrogen (secondary N) is 9. The number of carboxylic acid groups (broad SMARTS) is 1. The number of aliphatic carboxylic acids is 1. The molecule has 0 saturated carbocycles. The van der Waals surface area contributed by atoms with Crippen molar-refractivity contribution in [3.05, 3.63) is 35.9 Å². The highest BCUT2D eigenvalue weighted by atomic mass is 33.1. The summed E-state index contributed by atoms with van der Waals surface area (Å²) in [6.07, 6.45) is 0.661. The summed E-state index contributed by atoms with van der Waals surface area (Å²) < 4.78 is 21.8. The maximum absolute atomic E-state index is 15.0. The highest BCUT2D eigenvalue weighted by molar-refractivity contribution is 8.76. The van der Waals surface area contributed by atoms with Gasteiger partial charge in [0, 0.05) is 113 Å². The standard InChI is InChI=1S/C77H125N15O21S3/c1-50(91-108)76(3,4)84-32-27-52(28-33-85-77(5,6)51(2)92-109)26-31-82-68(100)23-12-22-67(99)81-29-11-10-20-57-74(107)90-60-47-115-116-48-61(89-73(106)55(40-53-16-8-7-9-17-53)42-64(96)58(43-71(103)104)87-69(101)25-24-63(60)95)65(97)41-54(18-13-30-83-75(79)80)72(105)88-59(46-114-49-70(102)86-57)62(94)21-15-35-111-37-39-112-38-36-110-34-14-19-56(93)44-113-45-66(78)98/h7-9,16-17,52,54-55,57-61,84-85,108-109H,10-15,18-49H2,1-6H3,(H2,78,98)(H,81,99)(H,82,100)(H,86,102)(H,87,101)(H,88,105)(H,89,106)(H,90,107)(H,103,104)(H4,79,80,83)/t52?,54-,55-,57+,58+,59+,60+,61+/m1/s1. The number of aliphatic imine (C=N–C) groups is 1. The summed E-state index contributed by atoms with van der Waals surface area (Å²) in [6.45, 7) is 13.5. The van der Waals surface area contributed by atoms with E-state index >= 15 is 0 Å². The van der Waals surface area contributed by atoms with Crippen LogP contribution in [0.4, 0.5) is 0 Å². The minimum Gasteiger partial charge on any atom is -0.481 e. The van der Waals surface area contributed by atoms with Crippen LogP contribution in [0.1, 0.15) is 176 Å². The van der Waals surface area contributed by atoms with Crippen LogP contribution >= 0.6 is 33.3 Å². The van der Waals surface area contributed by atoms with Gasteiger partial charge in [-0.25, -0.2) is 0 Å². The van der Waals surface area contributed by atoms with Crippen LogP contribution in [0, 0.1) is 17.8 Å². The fraction of sp³-hybridized carbons (Fsp3) is 0.701. The first-order chi connectivity index (χ1) is 55.2. The Labute approximate surface area is 691 Å². The van der Waals surface area contributed by atoms with E-state index in [1.54, 1.807) is 44.2 Å². The number of carbonyl (C=O) groups is 14. The van der Waals surface area contributed by atoms with Gasteiger partial charge in [-0.05, 0) is 143 Å². The number of carboxylic acids is 1. The molecule has 1 aromatic rings. The molecule has 0 aromatic heterocycles. The summed E-state index contributed by atoms with van der Waals surface area (Å²) in [5, 5.41) is 61.6. The van der Waals surface area contributed by atoms with E-state index in [9.17, 15) is 82.6 Å². The van der Waals surface area contributed by atoms with Gasteiger partial charge in [-0.2, -0.15) is 0 Å². The minimum atomic E-state index is -1.67. The Morgan fingerprint density at radius 3 is 1.71 bits per heavy atom. The molecule has 0 spiro atoms. The molecule has 36 nitrogen and oxygen atoms in total. The predicted molar refractivity (Wildman–Crippen MR) is 441 cm³/mol. The lowest BCUT2D eigenvalue weighted by Gasteiger charge is -2.28. The second-order valence-corrected chi connectivity index (χ2v) is 33.3. The molecule has 0 unspecified atom stereocenters. The number of rotatable bonds is 49. The monoisotopic (exact) mass is 1690 g/mol. The molecule has 39 heteroatoms. The lowest BCUT2D eigenvalue weighted by Crippen LogP contribution is -2.53. The summed E-state index contributed by atoms with van der Waals surface area (Å²) in [5.41, 5.74) is 16.8. The van der Waals surface area contributed by atoms with E-state index in [2.05, 4.69) is 63.2 Å². The van der Waals surface area contributed by atoms with Crippen molar-refractivity contribution >= 4 is 133 Å². The first-order valence-electron chi connectivity index (χ1n) is 39.5. The van der Waals surface area contributed by atoms with Crippen LogP contribution < -0.4 is 65.1 Å². The van der Waals surface area contributed by atoms with E-state index in [0.717, 1.165) is 46.2 Å². The van der Waals surface area contributed by atoms with Gasteiger partial charge in [0.2, 0.25) is 47.3 Å². The summed E-state index contributed by atoms with van der Waals surface area (Å²) in [6, 6.07) is 1.55. The number of nitrogens with zero attached hydrogens (tertiary/aromatic N) is 3. The van der Waals surface area contributed by atoms with Gasteiger partial charge < -0.3 is 99.5 Å². The topological polar surface area (TPSA) is 560 Å². The molecule has 2 bridgehead atoms. The van der Waals surface area contributed by atoms with Crippen LogP contribution in [0.2, 0.25) is 0 Å². The van der Waals surface area contributed by atoms with E-state index in [0.29, 0.717) is 55.9 Å². The number of fused-ring (bicyclic) bond motifs is 5. The number of thioether (sulfide) groups is 1. The van der Waals surface area contributed by atoms with Crippen molar-refractivity contribution in [3.8, 4) is 0 Å². The Balaban J connectivity index is 1.90. The van der Waals surface area contributed by atoms with Gasteiger partial charge in [0.15, 0.2) is 34.9 Å². The number of benzene rings is 1. The zero-order valence-corrected chi connectivity index (χ0v) is 70.3. The van der Waals surface area contributed by atoms with Crippen molar-refractivity contribution < 1.29 is 102 Å². The Hall–Kier alpha value is -8.18. The normalized spacial score (nSPS) is 20.2. The molecule has 2 aliphatic rings. The highest BCUT2D eigenvalue weighted by Crippen LogP contribution is 2.27. The molecule has 652 valence electrons. The molecule has 2 aliphatic heterocycles. The van der Waals surface area contributed by atoms with E-state index in [1.165, 1.54) is 0 Å². The predicted octanol–water partition coefficient (Wildman–Crippen LogP) is 1.87. The van der Waals surface area contributed by atoms with E-state index in [1.807, 2.05) is 27.7 Å². The molecular weight excluding hydrogens is 1570 g/mol. The van der Waals surface area contributed by atoms with Gasteiger partial charge in [-0.1, -0.05) is 62.2 Å². The third kappa shape index (κ3) is 45.0. The molecule has 3 rings (SSSR count). The third-order valence-corrected chi connectivity index (χ3v) is 22.9. The van der Waals surface area contributed by atoms with Gasteiger partial charge in [0.1, 0.15) is 19.3 Å². The number of unbranched alkanes of at least 4 members (excludes halogenated alkanes) is 1. The quantitative estimate of drug-likeness (QED) is 0.0111. The highest BCUT2D eigenvalue weighted by Gasteiger charge is 2.36. The Morgan fingerprint density at radius 1 is 0.560 bits per heavy atom. The van der Waals surface area contributed by atoms with Crippen molar-refractivity contribution in [2.45, 2.75) is 218 Å². The molecule has 2 fully saturated rings. The van der Waals surface area contributed by atoms with Crippen molar-refractivity contribution in [1.82, 2.24) is 47.9 Å². The number of oxime groups is 2. The molecule has 0 aliphatic carbocycles. The smallest absolute Gasteiger partial charge is 0.305 e. The van der Waals surface area contributed by atoms with Gasteiger partial charge in [-0.15, -0.1) is 11.8 Å². The first-order valence-corrected chi connectivity index (χ1v) is 43.1. The number of ketones is 5. The van der Waals surface area contributed by atoms with Crippen LogP contribution in [0.5, 0.6) is 0 Å². The molecule has 116 heavy (non-hydrogen) atoms. The first kappa shape index (κ1) is 102. The zero-order valence-electron chi connectivity index (χ0n) is 67.9. The fourth-order valence-corrected chi connectivity index (χ4v) is 15.3. The maximum Gasteiger partial charge on any atom is 0.305 e. The summed E-state index contributed by atoms with van der Waals surface area (Å²) >= 11 is 0.958. The second-order valence-electron chi connectivity index (χ2n) is 29.7. The maximum atomic E-state index is 15.0. The lowest BCUT2D eigenvalue weighted by molar-refractivity contribution is -0.141. The summed E-state index contributed by atoms with van der Waals surface area (Å²) in [4.78, 5) is 195. The largest absolute Gasteiger partial charge is 0.481 e. The number of Topliss-reactive ketones (excluding diaryl/α,β-unsaturated/α-hetero) is 5. The fourth-order valence-electron chi connectivity index (χ4n) is 12.0. The summed E-state index contributed by atoms with van der Waals surface area (Å²) in [5.74, 6) is -12.8. The number of ether oxygens (including phenoxy) is 4. The third-order valence-electron chi connectivity index (χ3n) is 19.5. The average molecular weight is 1690 g/mol. The van der Waals surface area contributed by atoms with Crippen LogP contribution in [0.15, 0.2) is 45.6 Å². The van der Waals surface area contributed by atoms with Gasteiger partial charge in [0.05, 0.1) is 85.3 Å². The molecular formula is C77H125N15O21S3. The Bertz CT molecular complexity index is 3370. The van der Waals surface area contributed by atoms with E-state index < -0.39 is 150 Å². The molecule has 8 amide bonds. The average Bonchev–Trinajstić information content (AvgIpc) is 0.962. The molecule has 2 saturated heterocycles. The van der Waals surface area contributed by atoms with Crippen molar-refractivity contribution in [3.63, 3.8) is 0 Å². The number of hydrogen-bond donors (Lipinski definition) is 15. The molecule has 18 N–H and O–H groups in total.